The first-order valence-corrected chi connectivity index (χ1v) is 23.5. The summed E-state index contributed by atoms with van der Waals surface area (Å²) in [5, 5.41) is 2.55. The molecular formula is C44H90CuLiO4. The van der Waals surface area contributed by atoms with Gasteiger partial charge >= 0.3 is 238 Å². The third-order valence-electron chi connectivity index (χ3n) is 9.51. The molecule has 0 aliphatic carbocycles. The molecular weight excluding hydrogens is 663 g/mol. The number of hydrogen-bond acceptors (Lipinski definition) is 4. The van der Waals surface area contributed by atoms with Crippen LogP contribution in [0, 0.1) is 0 Å². The zero-order valence-electron chi connectivity index (χ0n) is 35.0. The first-order chi connectivity index (χ1) is 24.3. The van der Waals surface area contributed by atoms with Crippen LogP contribution in [0.15, 0.2) is 0 Å². The van der Waals surface area contributed by atoms with E-state index in [2.05, 4.69) is 42.7 Å². The second-order valence-electron chi connectivity index (χ2n) is 14.6. The van der Waals surface area contributed by atoms with E-state index in [1.165, 1.54) is 203 Å². The van der Waals surface area contributed by atoms with E-state index in [0.717, 1.165) is 39.3 Å². The Labute approximate surface area is 333 Å². The van der Waals surface area contributed by atoms with Gasteiger partial charge in [-0.25, -0.2) is 0 Å². The van der Waals surface area contributed by atoms with Gasteiger partial charge in [0.15, 0.2) is 0 Å². The second kappa shape index (κ2) is 48.0. The Morgan fingerprint density at radius 2 is 0.540 bits per heavy atom. The molecule has 0 aromatic heterocycles. The van der Waals surface area contributed by atoms with E-state index in [9.17, 15) is 0 Å². The fraction of sp³-hybridized carbons (Fsp3) is 1.00. The quantitative estimate of drug-likeness (QED) is 0.0353. The van der Waals surface area contributed by atoms with Crippen LogP contribution >= 0.6 is 0 Å². The van der Waals surface area contributed by atoms with Crippen LogP contribution in [0.25, 0.3) is 0 Å². The Morgan fingerprint density at radius 1 is 0.300 bits per heavy atom. The average Bonchev–Trinajstić information content (AvgIpc) is 3.11. The molecule has 0 rings (SSSR count). The van der Waals surface area contributed by atoms with Gasteiger partial charge in [0.05, 0.1) is 0 Å². The summed E-state index contributed by atoms with van der Waals surface area (Å²) in [5.74, 6) is 0. The van der Waals surface area contributed by atoms with Crippen LogP contribution in [0.2, 0.25) is 10.6 Å². The Balaban J connectivity index is 0. The number of hydrogen-bond donors (Lipinski definition) is 0. The molecule has 302 valence electrons. The van der Waals surface area contributed by atoms with Gasteiger partial charge in [0.2, 0.25) is 0 Å². The number of rotatable bonds is 44. The van der Waals surface area contributed by atoms with E-state index in [1.807, 2.05) is 0 Å². The summed E-state index contributed by atoms with van der Waals surface area (Å²) in [4.78, 5) is 0. The van der Waals surface area contributed by atoms with Gasteiger partial charge in [-0.3, -0.25) is 0 Å². The van der Waals surface area contributed by atoms with Gasteiger partial charge in [-0.15, -0.1) is 0 Å². The van der Waals surface area contributed by atoms with Crippen molar-refractivity contribution in [2.45, 2.75) is 256 Å². The Kier molecular flexibility index (Phi) is 50.9. The van der Waals surface area contributed by atoms with Gasteiger partial charge in [0.25, 0.3) is 0 Å². The Hall–Kier alpha value is 0.957. The van der Waals surface area contributed by atoms with Gasteiger partial charge < -0.3 is 0 Å². The van der Waals surface area contributed by atoms with Crippen molar-refractivity contribution in [1.82, 2.24) is 0 Å². The molecule has 0 N–H and O–H groups in total. The average molecular weight is 754 g/mol. The van der Waals surface area contributed by atoms with Crippen LogP contribution < -0.4 is 0 Å². The fourth-order valence-electron chi connectivity index (χ4n) is 6.17. The van der Waals surface area contributed by atoms with E-state index < -0.39 is 0 Å². The van der Waals surface area contributed by atoms with Crippen LogP contribution in [0.5, 0.6) is 0 Å². The van der Waals surface area contributed by atoms with Crippen molar-refractivity contribution in [3.05, 3.63) is 0 Å². The number of ether oxygens (including phenoxy) is 4. The first-order valence-electron chi connectivity index (χ1n) is 22.2. The minimum absolute atomic E-state index is 0. The van der Waals surface area contributed by atoms with E-state index in [4.69, 9.17) is 18.9 Å². The van der Waals surface area contributed by atoms with Crippen LogP contribution in [0.1, 0.15) is 233 Å². The number of unbranched alkanes of at least 4 members (excludes halogenated alkanes) is 24. The molecule has 0 amide bonds. The molecule has 0 aliphatic heterocycles. The zero-order chi connectivity index (χ0) is 35.6. The molecule has 1 radical (unpaired) electrons. The summed E-state index contributed by atoms with van der Waals surface area (Å²) in [6.07, 6.45) is 41.2. The Morgan fingerprint density at radius 3 is 0.820 bits per heavy atom. The third kappa shape index (κ3) is 43.4. The molecule has 4 nitrogen and oxygen atoms in total. The topological polar surface area (TPSA) is 36.9 Å². The van der Waals surface area contributed by atoms with E-state index in [1.54, 1.807) is 0 Å². The summed E-state index contributed by atoms with van der Waals surface area (Å²) in [5.41, 5.74) is 0. The van der Waals surface area contributed by atoms with Crippen molar-refractivity contribution >= 4 is 18.9 Å². The molecule has 0 heterocycles. The Bertz CT molecular complexity index is 500. The predicted molar refractivity (Wildman–Crippen MR) is 217 cm³/mol. The molecule has 0 aromatic carbocycles. The maximum absolute atomic E-state index is 6.24. The summed E-state index contributed by atoms with van der Waals surface area (Å²) >= 11 is 2.24. The first kappa shape index (κ1) is 53.1. The van der Waals surface area contributed by atoms with Gasteiger partial charge in [0, 0.05) is 18.9 Å². The van der Waals surface area contributed by atoms with E-state index >= 15 is 0 Å². The van der Waals surface area contributed by atoms with Crippen molar-refractivity contribution < 1.29 is 33.9 Å². The molecule has 50 heavy (non-hydrogen) atoms. The summed E-state index contributed by atoms with van der Waals surface area (Å²) in [7, 11) is 0. The molecule has 0 saturated heterocycles. The molecule has 6 heteroatoms. The molecule has 0 atom stereocenters. The van der Waals surface area contributed by atoms with Gasteiger partial charge in [-0.2, -0.15) is 0 Å². The van der Waals surface area contributed by atoms with E-state index in [-0.39, 0.29) is 31.4 Å². The monoisotopic (exact) mass is 753 g/mol. The van der Waals surface area contributed by atoms with Gasteiger partial charge in [-0.1, -0.05) is 79.1 Å². The summed E-state index contributed by atoms with van der Waals surface area (Å²) in [6, 6.07) is 0. The smallest absolute Gasteiger partial charge is 0.0654 e. The van der Waals surface area contributed by atoms with Crippen LogP contribution in [0.4, 0.5) is 0 Å². The van der Waals surface area contributed by atoms with Crippen molar-refractivity contribution in [1.29, 1.82) is 0 Å². The van der Waals surface area contributed by atoms with Gasteiger partial charge in [0.1, 0.15) is 0 Å². The molecule has 0 aliphatic rings. The van der Waals surface area contributed by atoms with Crippen molar-refractivity contribution in [2.75, 3.05) is 26.4 Å². The molecule has 0 unspecified atom stereocenters. The molecule has 0 bridgehead atoms. The maximum atomic E-state index is 6.24. The molecule has 0 saturated carbocycles. The second-order valence-corrected chi connectivity index (χ2v) is 16.0. The van der Waals surface area contributed by atoms with Crippen LogP contribution in [-0.2, 0) is 33.9 Å². The third-order valence-corrected chi connectivity index (χ3v) is 10.8. The predicted octanol–water partition coefficient (Wildman–Crippen LogP) is 14.8. The fourth-order valence-corrected chi connectivity index (χ4v) is 7.35. The zero-order valence-corrected chi connectivity index (χ0v) is 35.9. The van der Waals surface area contributed by atoms with Crippen molar-refractivity contribution in [3.63, 3.8) is 0 Å². The van der Waals surface area contributed by atoms with Crippen molar-refractivity contribution in [2.24, 2.45) is 0 Å². The minimum atomic E-state index is 0. The van der Waals surface area contributed by atoms with Crippen LogP contribution in [0.3, 0.4) is 0 Å². The molecule has 0 aromatic rings. The normalized spacial score (nSPS) is 11.7. The molecule has 0 fully saturated rings. The minimum Gasteiger partial charge on any atom is -0.0654 e. The van der Waals surface area contributed by atoms with Crippen molar-refractivity contribution in [3.8, 4) is 0 Å². The summed E-state index contributed by atoms with van der Waals surface area (Å²) in [6.45, 7) is 12.6. The standard InChI is InChI=1S/2C22H45O2.Cu.Li/c2*1-4-7-10-12-14-17-20-23-22(19-16-9-6-3)24-21-18-15-13-11-8-5-2;;/h2*22H,3-21H2,1-2H3;;. The SMILES string of the molecule is CCCCCCCCOC(CCCC[CH2][Cu][CH2]CCCCC(OCCCCCCCC)OCCCCCCCC)OCCCCCCCC.[Li]. The summed E-state index contributed by atoms with van der Waals surface area (Å²) < 4.78 is 25.0. The van der Waals surface area contributed by atoms with E-state index in [0.29, 0.717) is 0 Å². The van der Waals surface area contributed by atoms with Crippen LogP contribution in [-0.4, -0.2) is 57.9 Å². The molecule has 0 spiro atoms. The van der Waals surface area contributed by atoms with Gasteiger partial charge in [-0.05, 0) is 0 Å².